The number of hydrogen-bond donors (Lipinski definition) is 0. The van der Waals surface area contributed by atoms with E-state index in [2.05, 4.69) is 152 Å². The molecule has 10 aromatic carbocycles. The third-order valence-electron chi connectivity index (χ3n) is 11.4. The molecule has 0 bridgehead atoms. The van der Waals surface area contributed by atoms with Crippen LogP contribution >= 0.6 is 0 Å². The van der Waals surface area contributed by atoms with E-state index in [1.165, 1.54) is 59.2 Å². The quantitative estimate of drug-likeness (QED) is 0.171. The number of benzene rings is 9. The maximum atomic E-state index is 5.28. The van der Waals surface area contributed by atoms with Crippen LogP contribution in [0.2, 0.25) is 0 Å². The predicted octanol–water partition coefficient (Wildman–Crippen LogP) is 13.4. The van der Waals surface area contributed by atoms with Gasteiger partial charge in [0.2, 0.25) is 0 Å². The van der Waals surface area contributed by atoms with Crippen molar-refractivity contribution in [1.29, 1.82) is 0 Å². The summed E-state index contributed by atoms with van der Waals surface area (Å²) in [6.45, 7) is 0. The molecule has 0 atom stereocenters. The molecule has 4 nitrogen and oxygen atoms in total. The average Bonchev–Trinajstić information content (AvgIpc) is 3.27. The van der Waals surface area contributed by atoms with Gasteiger partial charge in [-0.3, -0.25) is 4.98 Å². The van der Waals surface area contributed by atoms with Crippen molar-refractivity contribution in [1.82, 2.24) is 19.9 Å². The molecule has 0 aliphatic rings. The number of aromatic nitrogens is 4. The minimum atomic E-state index is 0.581. The Balaban J connectivity index is 1.18. The molecule has 0 N–H and O–H groups in total. The zero-order valence-electron chi connectivity index (χ0n) is 30.1. The Kier molecular flexibility index (Phi) is 6.60. The molecule has 4 heteroatoms. The minimum Gasteiger partial charge on any atom is -0.255 e. The molecule has 2 aromatic heterocycles. The first kappa shape index (κ1) is 30.9. The number of hydrogen-bond acceptors (Lipinski definition) is 4. The van der Waals surface area contributed by atoms with Crippen molar-refractivity contribution < 1.29 is 0 Å². The van der Waals surface area contributed by atoms with Crippen molar-refractivity contribution in [2.75, 3.05) is 0 Å². The van der Waals surface area contributed by atoms with Crippen LogP contribution in [0.15, 0.2) is 182 Å². The zero-order valence-corrected chi connectivity index (χ0v) is 30.1. The lowest BCUT2D eigenvalue weighted by Crippen LogP contribution is -2.01. The lowest BCUT2D eigenvalue weighted by Gasteiger charge is -2.17. The van der Waals surface area contributed by atoms with E-state index in [1.807, 2.05) is 30.5 Å². The molecule has 0 fully saturated rings. The Labute approximate surface area is 321 Å². The van der Waals surface area contributed by atoms with Crippen LogP contribution in [0.5, 0.6) is 0 Å². The van der Waals surface area contributed by atoms with E-state index in [9.17, 15) is 0 Å². The highest BCUT2D eigenvalue weighted by Gasteiger charge is 2.19. The maximum Gasteiger partial charge on any atom is 0.165 e. The summed E-state index contributed by atoms with van der Waals surface area (Å²) in [5, 5.41) is 15.8. The minimum absolute atomic E-state index is 0.581. The number of nitrogens with zero attached hydrogens (tertiary/aromatic N) is 4. The first-order valence-corrected chi connectivity index (χ1v) is 19.0. The van der Waals surface area contributed by atoms with Crippen molar-refractivity contribution >= 4 is 75.5 Å². The highest BCUT2D eigenvalue weighted by atomic mass is 15.0. The Morgan fingerprint density at radius 3 is 1.45 bits per heavy atom. The van der Waals surface area contributed by atoms with Gasteiger partial charge in [-0.1, -0.05) is 146 Å². The summed E-state index contributed by atoms with van der Waals surface area (Å²) in [5.41, 5.74) is 5.86. The molecule has 0 unspecified atom stereocenters. The first-order valence-electron chi connectivity index (χ1n) is 19.0. The van der Waals surface area contributed by atoms with Crippen LogP contribution in [0.1, 0.15) is 0 Å². The van der Waals surface area contributed by atoms with Gasteiger partial charge in [-0.25, -0.2) is 15.0 Å². The van der Waals surface area contributed by atoms with Gasteiger partial charge in [-0.2, -0.15) is 0 Å². The topological polar surface area (TPSA) is 51.6 Å². The summed E-state index contributed by atoms with van der Waals surface area (Å²) in [7, 11) is 0. The zero-order chi connectivity index (χ0) is 36.7. The van der Waals surface area contributed by atoms with E-state index < -0.39 is 0 Å². The lowest BCUT2D eigenvalue weighted by atomic mass is 9.87. The van der Waals surface area contributed by atoms with Crippen LogP contribution in [0, 0.1) is 0 Å². The van der Waals surface area contributed by atoms with Crippen LogP contribution in [0.4, 0.5) is 0 Å². The maximum absolute atomic E-state index is 5.28. The Bertz CT molecular complexity index is 3530. The molecule has 0 saturated heterocycles. The van der Waals surface area contributed by atoms with Gasteiger partial charge in [-0.05, 0) is 106 Å². The largest absolute Gasteiger partial charge is 0.255 e. The van der Waals surface area contributed by atoms with E-state index in [0.717, 1.165) is 44.1 Å². The van der Waals surface area contributed by atoms with Gasteiger partial charge >= 0.3 is 0 Å². The number of para-hydroxylation sites is 1. The van der Waals surface area contributed by atoms with Gasteiger partial charge in [0, 0.05) is 28.3 Å². The fourth-order valence-corrected chi connectivity index (χ4v) is 8.84. The van der Waals surface area contributed by atoms with Gasteiger partial charge in [-0.15, -0.1) is 0 Å². The van der Waals surface area contributed by atoms with Crippen LogP contribution in [-0.4, -0.2) is 19.9 Å². The van der Waals surface area contributed by atoms with Crippen LogP contribution in [-0.2, 0) is 0 Å². The number of rotatable bonds is 4. The lowest BCUT2D eigenvalue weighted by molar-refractivity contribution is 1.07. The van der Waals surface area contributed by atoms with E-state index >= 15 is 0 Å². The fourth-order valence-electron chi connectivity index (χ4n) is 8.84. The molecular formula is C52H30N4. The van der Waals surface area contributed by atoms with Gasteiger partial charge in [0.05, 0.1) is 5.52 Å². The molecule has 0 saturated carbocycles. The summed E-state index contributed by atoms with van der Waals surface area (Å²) in [4.78, 5) is 20.5. The molecule has 2 heterocycles. The van der Waals surface area contributed by atoms with Crippen molar-refractivity contribution in [2.45, 2.75) is 0 Å². The second kappa shape index (κ2) is 12.0. The van der Waals surface area contributed by atoms with Gasteiger partial charge < -0.3 is 0 Å². The smallest absolute Gasteiger partial charge is 0.165 e. The average molecular weight is 711 g/mol. The van der Waals surface area contributed by atoms with E-state index in [-0.39, 0.29) is 0 Å². The molecule has 0 aliphatic carbocycles. The Morgan fingerprint density at radius 1 is 0.268 bits per heavy atom. The Hall–Kier alpha value is -7.56. The summed E-state index contributed by atoms with van der Waals surface area (Å²) < 4.78 is 0. The first-order chi connectivity index (χ1) is 27.7. The second-order valence-electron chi connectivity index (χ2n) is 14.6. The predicted molar refractivity (Wildman–Crippen MR) is 233 cm³/mol. The van der Waals surface area contributed by atoms with Crippen molar-refractivity contribution in [3.8, 4) is 45.3 Å². The molecule has 12 aromatic rings. The molecule has 56 heavy (non-hydrogen) atoms. The third kappa shape index (κ3) is 4.73. The van der Waals surface area contributed by atoms with Crippen LogP contribution < -0.4 is 0 Å². The molecular weight excluding hydrogens is 681 g/mol. The number of fused-ring (bicyclic) bond motifs is 3. The summed E-state index contributed by atoms with van der Waals surface area (Å²) in [6.07, 6.45) is 1.87. The molecule has 0 radical (unpaired) electrons. The van der Waals surface area contributed by atoms with E-state index in [0.29, 0.717) is 17.5 Å². The SMILES string of the molecule is c1ccc(-c2cccc(-c3nc(-c4cnc5ccccc5c4)nc(-c4cc5ccc6cccc7c8cccc9ccc%10cccc(c(c4)c5c67)c%10c98)n3)c2)cc1. The highest BCUT2D eigenvalue weighted by molar-refractivity contribution is 6.37. The van der Waals surface area contributed by atoms with Crippen LogP contribution in [0.3, 0.4) is 0 Å². The van der Waals surface area contributed by atoms with Crippen molar-refractivity contribution in [3.63, 3.8) is 0 Å². The Morgan fingerprint density at radius 2 is 0.750 bits per heavy atom. The van der Waals surface area contributed by atoms with Crippen molar-refractivity contribution in [2.24, 2.45) is 0 Å². The fraction of sp³-hybridized carbons (Fsp3) is 0. The van der Waals surface area contributed by atoms with Gasteiger partial charge in [0.15, 0.2) is 17.5 Å². The second-order valence-corrected chi connectivity index (χ2v) is 14.6. The van der Waals surface area contributed by atoms with Gasteiger partial charge in [0.1, 0.15) is 0 Å². The monoisotopic (exact) mass is 710 g/mol. The standard InChI is InChI=1S/C52H30N4/c1-2-10-31(11-3-1)35-16-6-17-38(26-35)50-54-51(56-52(55-50)40-27-36-12-4-5-21-45(36)53-30-40)39-28-37-25-24-34-14-8-19-42-41-18-7-13-32-22-23-33-15-9-20-43(48(33)46(32)41)44(29-39)49(37)47(34)42/h1-30H. The van der Waals surface area contributed by atoms with E-state index in [4.69, 9.17) is 19.9 Å². The molecule has 0 spiro atoms. The summed E-state index contributed by atoms with van der Waals surface area (Å²) >= 11 is 0. The molecule has 258 valence electrons. The number of pyridine rings is 1. The molecule has 0 aliphatic heterocycles. The van der Waals surface area contributed by atoms with Crippen LogP contribution in [0.25, 0.3) is 121 Å². The molecule has 0 amide bonds. The summed E-state index contributed by atoms with van der Waals surface area (Å²) in [5.74, 6) is 1.81. The van der Waals surface area contributed by atoms with E-state index in [1.54, 1.807) is 0 Å². The van der Waals surface area contributed by atoms with Gasteiger partial charge in [0.25, 0.3) is 0 Å². The van der Waals surface area contributed by atoms with Crippen molar-refractivity contribution in [3.05, 3.63) is 182 Å². The third-order valence-corrected chi connectivity index (χ3v) is 11.4. The molecule has 12 rings (SSSR count). The summed E-state index contributed by atoms with van der Waals surface area (Å²) in [6, 6.07) is 62.8. The highest BCUT2D eigenvalue weighted by Crippen LogP contribution is 2.44. The normalized spacial score (nSPS) is 11.9.